The Morgan fingerprint density at radius 2 is 2.00 bits per heavy atom. The monoisotopic (exact) mass is 191 g/mol. The second-order valence-electron chi connectivity index (χ2n) is 3.26. The van der Waals surface area contributed by atoms with E-state index in [1.807, 2.05) is 19.9 Å². The number of hydrogen-bond donors (Lipinski definition) is 2. The standard InChI is InChI=1S/C9H13N5/c1-6-5-7(2)13-9(12-6)14-8-10-3-4-11-8/h5H,3-4H2,1-2H3,(H2,10,11,12,13,14). The zero-order valence-electron chi connectivity index (χ0n) is 8.33. The number of anilines is 1. The van der Waals surface area contributed by atoms with Gasteiger partial charge in [0.15, 0.2) is 5.96 Å². The van der Waals surface area contributed by atoms with Crippen molar-refractivity contribution in [3.8, 4) is 0 Å². The molecule has 0 radical (unpaired) electrons. The first-order valence-electron chi connectivity index (χ1n) is 4.62. The lowest BCUT2D eigenvalue weighted by Crippen LogP contribution is -2.27. The highest BCUT2D eigenvalue weighted by molar-refractivity contribution is 5.93. The second-order valence-corrected chi connectivity index (χ2v) is 3.26. The van der Waals surface area contributed by atoms with Gasteiger partial charge < -0.3 is 5.32 Å². The lowest BCUT2D eigenvalue weighted by molar-refractivity contribution is 0.957. The van der Waals surface area contributed by atoms with Gasteiger partial charge in [0, 0.05) is 17.9 Å². The van der Waals surface area contributed by atoms with E-state index in [0.717, 1.165) is 30.4 Å². The van der Waals surface area contributed by atoms with Gasteiger partial charge in [-0.15, -0.1) is 0 Å². The Balaban J connectivity index is 2.15. The van der Waals surface area contributed by atoms with Gasteiger partial charge in [0.25, 0.3) is 0 Å². The number of nitrogens with one attached hydrogen (secondary N) is 2. The first-order chi connectivity index (χ1) is 6.74. The molecule has 0 saturated heterocycles. The van der Waals surface area contributed by atoms with Crippen LogP contribution in [0.3, 0.4) is 0 Å². The Kier molecular flexibility index (Phi) is 2.30. The topological polar surface area (TPSA) is 62.2 Å². The van der Waals surface area contributed by atoms with Crippen molar-refractivity contribution in [1.29, 1.82) is 0 Å². The zero-order valence-corrected chi connectivity index (χ0v) is 8.33. The Bertz CT molecular complexity index is 351. The van der Waals surface area contributed by atoms with Crippen LogP contribution in [-0.4, -0.2) is 29.0 Å². The fourth-order valence-electron chi connectivity index (χ4n) is 1.37. The summed E-state index contributed by atoms with van der Waals surface area (Å²) in [5.41, 5.74) is 1.91. The van der Waals surface area contributed by atoms with Crippen LogP contribution in [0, 0.1) is 13.8 Å². The van der Waals surface area contributed by atoms with Gasteiger partial charge in [-0.25, -0.2) is 9.97 Å². The largest absolute Gasteiger partial charge is 0.354 e. The van der Waals surface area contributed by atoms with Gasteiger partial charge >= 0.3 is 0 Å². The summed E-state index contributed by atoms with van der Waals surface area (Å²) in [6.07, 6.45) is 0. The van der Waals surface area contributed by atoms with Crippen LogP contribution in [0.15, 0.2) is 11.1 Å². The quantitative estimate of drug-likeness (QED) is 0.677. The Hall–Kier alpha value is -1.65. The van der Waals surface area contributed by atoms with Gasteiger partial charge in [-0.1, -0.05) is 0 Å². The van der Waals surface area contributed by atoms with Gasteiger partial charge in [-0.05, 0) is 19.9 Å². The normalized spacial score (nSPS) is 14.9. The van der Waals surface area contributed by atoms with Crippen molar-refractivity contribution in [1.82, 2.24) is 15.3 Å². The van der Waals surface area contributed by atoms with E-state index >= 15 is 0 Å². The van der Waals surface area contributed by atoms with Crippen LogP contribution in [-0.2, 0) is 0 Å². The van der Waals surface area contributed by atoms with Crippen molar-refractivity contribution in [3.63, 3.8) is 0 Å². The molecular weight excluding hydrogens is 178 g/mol. The minimum Gasteiger partial charge on any atom is -0.354 e. The molecule has 1 aromatic heterocycles. The first-order valence-corrected chi connectivity index (χ1v) is 4.62. The summed E-state index contributed by atoms with van der Waals surface area (Å²) in [5, 5.41) is 6.14. The van der Waals surface area contributed by atoms with Crippen LogP contribution in [0.5, 0.6) is 0 Å². The average Bonchev–Trinajstić information content (AvgIpc) is 2.54. The average molecular weight is 191 g/mol. The zero-order chi connectivity index (χ0) is 9.97. The molecule has 1 aliphatic rings. The highest BCUT2D eigenvalue weighted by Gasteiger charge is 2.06. The molecule has 0 aliphatic carbocycles. The molecule has 0 fully saturated rings. The third-order valence-electron chi connectivity index (χ3n) is 1.89. The van der Waals surface area contributed by atoms with E-state index in [-0.39, 0.29) is 0 Å². The fraction of sp³-hybridized carbons (Fsp3) is 0.444. The van der Waals surface area contributed by atoms with Crippen molar-refractivity contribution >= 4 is 11.9 Å². The summed E-state index contributed by atoms with van der Waals surface area (Å²) in [6, 6.07) is 1.94. The molecule has 0 amide bonds. The number of rotatable bonds is 1. The van der Waals surface area contributed by atoms with E-state index in [2.05, 4.69) is 25.6 Å². The number of aryl methyl sites for hydroxylation is 2. The van der Waals surface area contributed by atoms with Crippen molar-refractivity contribution < 1.29 is 0 Å². The minimum absolute atomic E-state index is 0.607. The number of aromatic nitrogens is 2. The van der Waals surface area contributed by atoms with E-state index < -0.39 is 0 Å². The molecule has 1 aliphatic heterocycles. The summed E-state index contributed by atoms with van der Waals surface area (Å²) in [4.78, 5) is 12.7. The van der Waals surface area contributed by atoms with E-state index in [1.54, 1.807) is 0 Å². The molecule has 0 unspecified atom stereocenters. The molecule has 0 aromatic carbocycles. The maximum Gasteiger partial charge on any atom is 0.229 e. The maximum absolute atomic E-state index is 4.25. The number of aliphatic imine (C=N–C) groups is 1. The number of guanidine groups is 1. The second kappa shape index (κ2) is 3.61. The summed E-state index contributed by atoms with van der Waals surface area (Å²) in [5.74, 6) is 1.37. The molecule has 0 saturated carbocycles. The summed E-state index contributed by atoms with van der Waals surface area (Å²) in [6.45, 7) is 5.59. The Labute approximate surface area is 82.7 Å². The van der Waals surface area contributed by atoms with Gasteiger partial charge in [0.1, 0.15) is 0 Å². The molecule has 74 valence electrons. The Morgan fingerprint density at radius 3 is 2.57 bits per heavy atom. The molecule has 1 aromatic rings. The van der Waals surface area contributed by atoms with Gasteiger partial charge in [-0.3, -0.25) is 10.3 Å². The molecule has 2 heterocycles. The van der Waals surface area contributed by atoms with E-state index in [4.69, 9.17) is 0 Å². The summed E-state index contributed by atoms with van der Waals surface area (Å²) >= 11 is 0. The third kappa shape index (κ3) is 1.99. The van der Waals surface area contributed by atoms with Gasteiger partial charge in [0.2, 0.25) is 5.95 Å². The SMILES string of the molecule is Cc1cc(C)nc(NC2=NCCN2)n1. The van der Waals surface area contributed by atoms with Crippen LogP contribution >= 0.6 is 0 Å². The van der Waals surface area contributed by atoms with Gasteiger partial charge in [0.05, 0.1) is 6.54 Å². The number of nitrogens with zero attached hydrogens (tertiary/aromatic N) is 3. The van der Waals surface area contributed by atoms with Crippen molar-refractivity contribution in [2.75, 3.05) is 18.4 Å². The number of hydrogen-bond acceptors (Lipinski definition) is 5. The van der Waals surface area contributed by atoms with Crippen LogP contribution in [0.4, 0.5) is 5.95 Å². The van der Waals surface area contributed by atoms with E-state index in [0.29, 0.717) is 5.95 Å². The van der Waals surface area contributed by atoms with Crippen LogP contribution in [0.1, 0.15) is 11.4 Å². The van der Waals surface area contributed by atoms with Crippen LogP contribution in [0.25, 0.3) is 0 Å². The van der Waals surface area contributed by atoms with Crippen molar-refractivity contribution in [2.24, 2.45) is 4.99 Å². The van der Waals surface area contributed by atoms with Crippen molar-refractivity contribution in [2.45, 2.75) is 13.8 Å². The highest BCUT2D eigenvalue weighted by Crippen LogP contribution is 2.03. The molecule has 5 heteroatoms. The summed E-state index contributed by atoms with van der Waals surface area (Å²) < 4.78 is 0. The highest BCUT2D eigenvalue weighted by atomic mass is 15.3. The lowest BCUT2D eigenvalue weighted by atomic mass is 10.4. The molecular formula is C9H13N5. The fourth-order valence-corrected chi connectivity index (χ4v) is 1.37. The molecule has 0 spiro atoms. The molecule has 0 atom stereocenters. The van der Waals surface area contributed by atoms with E-state index in [1.165, 1.54) is 0 Å². The van der Waals surface area contributed by atoms with E-state index in [9.17, 15) is 0 Å². The van der Waals surface area contributed by atoms with Crippen LogP contribution < -0.4 is 10.6 Å². The first kappa shape index (κ1) is 8.93. The smallest absolute Gasteiger partial charge is 0.229 e. The Morgan fingerprint density at radius 1 is 1.29 bits per heavy atom. The molecule has 0 bridgehead atoms. The summed E-state index contributed by atoms with van der Waals surface area (Å²) in [7, 11) is 0. The molecule has 2 N–H and O–H groups in total. The van der Waals surface area contributed by atoms with Crippen molar-refractivity contribution in [3.05, 3.63) is 17.5 Å². The predicted molar refractivity (Wildman–Crippen MR) is 55.4 cm³/mol. The molecule has 14 heavy (non-hydrogen) atoms. The third-order valence-corrected chi connectivity index (χ3v) is 1.89. The lowest BCUT2D eigenvalue weighted by Gasteiger charge is -2.05. The molecule has 5 nitrogen and oxygen atoms in total. The minimum atomic E-state index is 0.607. The molecule has 2 rings (SSSR count). The predicted octanol–water partition coefficient (Wildman–Crippen LogP) is 0.465. The van der Waals surface area contributed by atoms with Gasteiger partial charge in [-0.2, -0.15) is 0 Å². The van der Waals surface area contributed by atoms with Crippen LogP contribution in [0.2, 0.25) is 0 Å². The maximum atomic E-state index is 4.25.